The second-order valence-corrected chi connectivity index (χ2v) is 4.34. The first-order chi connectivity index (χ1) is 6.93. The molecule has 0 unspecified atom stereocenters. The molecule has 0 N–H and O–H groups in total. The number of fused-ring (bicyclic) bond motifs is 2. The van der Waals surface area contributed by atoms with Gasteiger partial charge in [0, 0.05) is 24.7 Å². The summed E-state index contributed by atoms with van der Waals surface area (Å²) >= 11 is 1.81. The molecule has 0 saturated heterocycles. The van der Waals surface area contributed by atoms with Crippen molar-refractivity contribution in [3.05, 3.63) is 47.8 Å². The highest BCUT2D eigenvalue weighted by Crippen LogP contribution is 2.27. The van der Waals surface area contributed by atoms with Crippen molar-refractivity contribution in [2.45, 2.75) is 17.5 Å². The van der Waals surface area contributed by atoms with E-state index in [9.17, 15) is 0 Å². The van der Waals surface area contributed by atoms with Crippen LogP contribution in [0, 0.1) is 0 Å². The molecular weight excluding hydrogens is 192 g/mol. The fourth-order valence-corrected chi connectivity index (χ4v) is 2.73. The van der Waals surface area contributed by atoms with Gasteiger partial charge in [0.15, 0.2) is 5.16 Å². The van der Waals surface area contributed by atoms with E-state index < -0.39 is 0 Å². The van der Waals surface area contributed by atoms with Crippen molar-refractivity contribution in [3.8, 4) is 0 Å². The molecule has 0 radical (unpaired) electrons. The average molecular weight is 202 g/mol. The van der Waals surface area contributed by atoms with E-state index in [0.29, 0.717) is 0 Å². The smallest absolute Gasteiger partial charge is 0.168 e. The van der Waals surface area contributed by atoms with Crippen LogP contribution in [0.4, 0.5) is 0 Å². The Hall–Kier alpha value is -1.22. The summed E-state index contributed by atoms with van der Waals surface area (Å²) in [7, 11) is 0. The zero-order chi connectivity index (χ0) is 9.38. The lowest BCUT2D eigenvalue weighted by atomic mass is 10.1. The van der Waals surface area contributed by atoms with E-state index in [-0.39, 0.29) is 0 Å². The highest BCUT2D eigenvalue weighted by Gasteiger charge is 2.12. The number of thioether (sulfide) groups is 1. The Morgan fingerprint density at radius 2 is 2.07 bits per heavy atom. The summed E-state index contributed by atoms with van der Waals surface area (Å²) in [6, 6.07) is 8.61. The fourth-order valence-electron chi connectivity index (χ4n) is 1.73. The molecule has 3 rings (SSSR count). The van der Waals surface area contributed by atoms with Crippen LogP contribution in [0.5, 0.6) is 0 Å². The first kappa shape index (κ1) is 8.12. The van der Waals surface area contributed by atoms with Gasteiger partial charge in [0.05, 0.1) is 0 Å². The van der Waals surface area contributed by atoms with Crippen molar-refractivity contribution >= 4 is 11.8 Å². The van der Waals surface area contributed by atoms with Gasteiger partial charge in [-0.15, -0.1) is 0 Å². The summed E-state index contributed by atoms with van der Waals surface area (Å²) < 4.78 is 2.20. The summed E-state index contributed by atoms with van der Waals surface area (Å²) in [5.74, 6) is 1.03. The highest BCUT2D eigenvalue weighted by atomic mass is 32.2. The van der Waals surface area contributed by atoms with E-state index >= 15 is 0 Å². The minimum absolute atomic E-state index is 0.957. The van der Waals surface area contributed by atoms with Crippen LogP contribution in [0.1, 0.15) is 11.1 Å². The third kappa shape index (κ3) is 1.24. The molecule has 1 aliphatic rings. The normalized spacial score (nSPS) is 14.3. The Labute approximate surface area is 87.0 Å². The maximum Gasteiger partial charge on any atom is 0.168 e. The lowest BCUT2D eigenvalue weighted by Gasteiger charge is -2.04. The Morgan fingerprint density at radius 3 is 3.00 bits per heavy atom. The molecular formula is C11H10N2S. The van der Waals surface area contributed by atoms with Crippen LogP contribution in [-0.4, -0.2) is 9.55 Å². The van der Waals surface area contributed by atoms with Gasteiger partial charge in [-0.05, 0) is 11.1 Å². The molecule has 0 spiro atoms. The Kier molecular flexibility index (Phi) is 1.84. The topological polar surface area (TPSA) is 17.8 Å². The van der Waals surface area contributed by atoms with E-state index in [1.807, 2.05) is 24.2 Å². The number of hydrogen-bond acceptors (Lipinski definition) is 2. The second kappa shape index (κ2) is 3.17. The Morgan fingerprint density at radius 1 is 1.21 bits per heavy atom. The van der Waals surface area contributed by atoms with E-state index in [1.54, 1.807) is 0 Å². The van der Waals surface area contributed by atoms with Gasteiger partial charge in [-0.1, -0.05) is 36.0 Å². The summed E-state index contributed by atoms with van der Waals surface area (Å²) in [6.07, 6.45) is 3.92. The molecule has 1 aromatic heterocycles. The van der Waals surface area contributed by atoms with Gasteiger partial charge in [0.25, 0.3) is 0 Å². The number of aromatic nitrogens is 2. The van der Waals surface area contributed by atoms with Crippen LogP contribution in [-0.2, 0) is 12.3 Å². The lowest BCUT2D eigenvalue weighted by molar-refractivity contribution is 0.712. The average Bonchev–Trinajstić information content (AvgIpc) is 2.58. The molecule has 1 aliphatic heterocycles. The number of benzene rings is 1. The van der Waals surface area contributed by atoms with Crippen molar-refractivity contribution in [1.82, 2.24) is 9.55 Å². The van der Waals surface area contributed by atoms with Gasteiger partial charge >= 0.3 is 0 Å². The molecule has 2 nitrogen and oxygen atoms in total. The van der Waals surface area contributed by atoms with Gasteiger partial charge < -0.3 is 4.57 Å². The quantitative estimate of drug-likeness (QED) is 0.653. The van der Waals surface area contributed by atoms with Crippen LogP contribution >= 0.6 is 11.8 Å². The molecule has 3 heteroatoms. The molecule has 0 fully saturated rings. The minimum Gasteiger partial charge on any atom is -0.322 e. The molecule has 2 heterocycles. The van der Waals surface area contributed by atoms with E-state index in [1.165, 1.54) is 11.1 Å². The summed E-state index contributed by atoms with van der Waals surface area (Å²) in [4.78, 5) is 4.33. The summed E-state index contributed by atoms with van der Waals surface area (Å²) in [5.41, 5.74) is 2.85. The maximum absolute atomic E-state index is 4.33. The first-order valence-corrected chi connectivity index (χ1v) is 5.63. The molecule has 14 heavy (non-hydrogen) atoms. The van der Waals surface area contributed by atoms with E-state index in [2.05, 4.69) is 33.8 Å². The summed E-state index contributed by atoms with van der Waals surface area (Å²) in [6.45, 7) is 0.957. The van der Waals surface area contributed by atoms with Gasteiger partial charge in [-0.25, -0.2) is 4.98 Å². The van der Waals surface area contributed by atoms with Gasteiger partial charge in [0.1, 0.15) is 0 Å². The molecule has 70 valence electrons. The van der Waals surface area contributed by atoms with Gasteiger partial charge in [0.2, 0.25) is 0 Å². The number of imidazole rings is 1. The predicted molar refractivity (Wildman–Crippen MR) is 57.3 cm³/mol. The standard InChI is InChI=1S/C11H10N2S/c1-2-4-10-8-14-11-12-5-6-13(11)7-9(10)3-1/h1-6H,7-8H2. The monoisotopic (exact) mass is 202 g/mol. The molecule has 0 saturated carbocycles. The van der Waals surface area contributed by atoms with Gasteiger partial charge in [-0.3, -0.25) is 0 Å². The molecule has 0 atom stereocenters. The highest BCUT2D eigenvalue weighted by molar-refractivity contribution is 7.98. The van der Waals surface area contributed by atoms with E-state index in [4.69, 9.17) is 0 Å². The second-order valence-electron chi connectivity index (χ2n) is 3.40. The van der Waals surface area contributed by atoms with E-state index in [0.717, 1.165) is 17.5 Å². The Bertz CT molecular complexity index is 462. The van der Waals surface area contributed by atoms with Crippen LogP contribution < -0.4 is 0 Å². The molecule has 0 aliphatic carbocycles. The van der Waals surface area contributed by atoms with Crippen LogP contribution in [0.2, 0.25) is 0 Å². The Balaban J connectivity index is 2.10. The number of rotatable bonds is 0. The lowest BCUT2D eigenvalue weighted by Crippen LogP contribution is -1.98. The predicted octanol–water partition coefficient (Wildman–Crippen LogP) is 2.54. The summed E-state index contributed by atoms with van der Waals surface area (Å²) in [5, 5.41) is 1.13. The van der Waals surface area contributed by atoms with Crippen molar-refractivity contribution in [3.63, 3.8) is 0 Å². The van der Waals surface area contributed by atoms with Crippen molar-refractivity contribution in [2.24, 2.45) is 0 Å². The zero-order valence-corrected chi connectivity index (χ0v) is 8.50. The van der Waals surface area contributed by atoms with Crippen LogP contribution in [0.25, 0.3) is 0 Å². The molecule has 1 aromatic carbocycles. The first-order valence-electron chi connectivity index (χ1n) is 4.64. The largest absolute Gasteiger partial charge is 0.322 e. The minimum atomic E-state index is 0.957. The van der Waals surface area contributed by atoms with Crippen LogP contribution in [0.15, 0.2) is 41.8 Å². The fraction of sp³-hybridized carbons (Fsp3) is 0.182. The third-order valence-corrected chi connectivity index (χ3v) is 3.55. The SMILES string of the molecule is c1ccc2c(c1)CSc1nccn1C2. The zero-order valence-electron chi connectivity index (χ0n) is 7.68. The van der Waals surface area contributed by atoms with Gasteiger partial charge in [-0.2, -0.15) is 0 Å². The van der Waals surface area contributed by atoms with Crippen molar-refractivity contribution in [2.75, 3.05) is 0 Å². The molecule has 2 aromatic rings. The molecule has 0 amide bonds. The third-order valence-electron chi connectivity index (χ3n) is 2.49. The maximum atomic E-state index is 4.33. The van der Waals surface area contributed by atoms with Crippen LogP contribution in [0.3, 0.4) is 0 Å². The number of hydrogen-bond donors (Lipinski definition) is 0. The van der Waals surface area contributed by atoms with Crippen molar-refractivity contribution in [1.29, 1.82) is 0 Å². The molecule has 0 bridgehead atoms. The number of nitrogens with zero attached hydrogens (tertiary/aromatic N) is 2. The van der Waals surface area contributed by atoms with Crippen molar-refractivity contribution < 1.29 is 0 Å².